The van der Waals surface area contributed by atoms with Gasteiger partial charge in [0, 0.05) is 7.05 Å². The Labute approximate surface area is 112 Å². The first-order valence-electron chi connectivity index (χ1n) is 5.63. The van der Waals surface area contributed by atoms with Crippen molar-refractivity contribution in [3.63, 3.8) is 0 Å². The summed E-state index contributed by atoms with van der Waals surface area (Å²) in [5.41, 5.74) is 6.54. The number of amides is 1. The summed E-state index contributed by atoms with van der Waals surface area (Å²) in [4.78, 5) is 11.5. The molecule has 1 aromatic rings. The lowest BCUT2D eigenvalue weighted by molar-refractivity contribution is -0.121. The quantitative estimate of drug-likeness (QED) is 0.556. The molecule has 0 bridgehead atoms. The molecule has 0 spiro atoms. The molecule has 0 fully saturated rings. The van der Waals surface area contributed by atoms with Crippen molar-refractivity contribution in [1.82, 2.24) is 10.0 Å². The predicted molar refractivity (Wildman–Crippen MR) is 74.3 cm³/mol. The molecule has 0 aliphatic carbocycles. The van der Waals surface area contributed by atoms with Crippen molar-refractivity contribution in [3.8, 4) is 0 Å². The summed E-state index contributed by atoms with van der Waals surface area (Å²) < 4.78 is 25.4. The summed E-state index contributed by atoms with van der Waals surface area (Å²) in [5, 5.41) is 5.41. The number of nitrogens with one attached hydrogen (secondary N) is 3. The zero-order chi connectivity index (χ0) is 14.6. The fourth-order valence-corrected chi connectivity index (χ4v) is 2.24. The fourth-order valence-electron chi connectivity index (χ4n) is 1.47. The van der Waals surface area contributed by atoms with Crippen molar-refractivity contribution in [2.45, 2.75) is 17.9 Å². The van der Waals surface area contributed by atoms with Gasteiger partial charge in [-0.15, -0.1) is 0 Å². The Hall–Kier alpha value is -1.80. The lowest BCUT2D eigenvalue weighted by Gasteiger charge is -2.16. The number of hydrogen-bond donors (Lipinski definition) is 4. The summed E-state index contributed by atoms with van der Waals surface area (Å²) in [6.07, 6.45) is 0. The third-order valence-electron chi connectivity index (χ3n) is 2.61. The highest BCUT2D eigenvalue weighted by atomic mass is 32.2. The van der Waals surface area contributed by atoms with Gasteiger partial charge in [0.25, 0.3) is 0 Å². The van der Waals surface area contributed by atoms with Crippen LogP contribution in [-0.2, 0) is 14.8 Å². The number of anilines is 2. The van der Waals surface area contributed by atoms with E-state index in [9.17, 15) is 13.2 Å². The monoisotopic (exact) mass is 286 g/mol. The van der Waals surface area contributed by atoms with Crippen LogP contribution in [0.1, 0.15) is 6.92 Å². The third-order valence-corrected chi connectivity index (χ3v) is 4.03. The van der Waals surface area contributed by atoms with Crippen molar-refractivity contribution >= 4 is 27.3 Å². The number of benzene rings is 1. The Kier molecular flexibility index (Phi) is 4.73. The molecule has 1 amide bonds. The average Bonchev–Trinajstić information content (AvgIpc) is 2.39. The largest absolute Gasteiger partial charge is 0.397 e. The van der Waals surface area contributed by atoms with Gasteiger partial charge in [0.05, 0.1) is 16.3 Å². The van der Waals surface area contributed by atoms with Crippen LogP contribution < -0.4 is 21.1 Å². The van der Waals surface area contributed by atoms with Gasteiger partial charge in [0.15, 0.2) is 0 Å². The molecule has 8 heteroatoms. The summed E-state index contributed by atoms with van der Waals surface area (Å²) >= 11 is 0. The van der Waals surface area contributed by atoms with Crippen LogP contribution in [0, 0.1) is 0 Å². The minimum absolute atomic E-state index is 0.0747. The Balaban J connectivity index is 2.99. The number of hydrogen-bond acceptors (Lipinski definition) is 5. The number of likely N-dealkylation sites (N-methyl/N-ethyl adjacent to an activating group) is 1. The molecule has 0 saturated carbocycles. The summed E-state index contributed by atoms with van der Waals surface area (Å²) in [6, 6.07) is 3.81. The summed E-state index contributed by atoms with van der Waals surface area (Å²) in [5.74, 6) is -0.189. The predicted octanol–water partition coefficient (Wildman–Crippen LogP) is -0.277. The van der Waals surface area contributed by atoms with Crippen LogP contribution in [0.2, 0.25) is 0 Å². The first-order chi connectivity index (χ1) is 8.81. The molecule has 1 aromatic carbocycles. The van der Waals surface area contributed by atoms with E-state index in [2.05, 4.69) is 15.4 Å². The van der Waals surface area contributed by atoms with Crippen LogP contribution in [-0.4, -0.2) is 34.5 Å². The van der Waals surface area contributed by atoms with E-state index in [1.54, 1.807) is 6.92 Å². The summed E-state index contributed by atoms with van der Waals surface area (Å²) in [6.45, 7) is 1.68. The van der Waals surface area contributed by atoms with E-state index in [1.165, 1.54) is 32.3 Å². The van der Waals surface area contributed by atoms with Crippen LogP contribution in [0.4, 0.5) is 11.4 Å². The van der Waals surface area contributed by atoms with Gasteiger partial charge in [-0.1, -0.05) is 0 Å². The standard InChI is InChI=1S/C11H18N4O3S/c1-7(11(16)13-2)15-10-5-4-8(6-9(10)12)19(17,18)14-3/h4-7,14-15H,12H2,1-3H3,(H,13,16). The number of nitrogens with two attached hydrogens (primary N) is 1. The van der Waals surface area contributed by atoms with Crippen molar-refractivity contribution in [1.29, 1.82) is 0 Å². The van der Waals surface area contributed by atoms with Crippen LogP contribution in [0.25, 0.3) is 0 Å². The molecule has 0 heterocycles. The van der Waals surface area contributed by atoms with E-state index in [0.717, 1.165) is 0 Å². The van der Waals surface area contributed by atoms with Crippen molar-refractivity contribution in [2.75, 3.05) is 25.1 Å². The Morgan fingerprint density at radius 1 is 1.32 bits per heavy atom. The number of nitrogen functional groups attached to an aromatic ring is 1. The van der Waals surface area contributed by atoms with Crippen LogP contribution in [0.3, 0.4) is 0 Å². The molecule has 0 aliphatic rings. The zero-order valence-electron chi connectivity index (χ0n) is 11.0. The zero-order valence-corrected chi connectivity index (χ0v) is 11.8. The van der Waals surface area contributed by atoms with Gasteiger partial charge in [-0.3, -0.25) is 4.79 Å². The Bertz CT molecular complexity index is 571. The van der Waals surface area contributed by atoms with Gasteiger partial charge >= 0.3 is 0 Å². The molecule has 1 atom stereocenters. The minimum atomic E-state index is -3.52. The number of rotatable bonds is 5. The second kappa shape index (κ2) is 5.89. The minimum Gasteiger partial charge on any atom is -0.397 e. The highest BCUT2D eigenvalue weighted by molar-refractivity contribution is 7.89. The SMILES string of the molecule is CNC(=O)C(C)Nc1ccc(S(=O)(=O)NC)cc1N. The molecule has 19 heavy (non-hydrogen) atoms. The van der Waals surface area contributed by atoms with Crippen LogP contribution in [0.5, 0.6) is 0 Å². The van der Waals surface area contributed by atoms with Gasteiger partial charge in [-0.25, -0.2) is 13.1 Å². The third kappa shape index (κ3) is 3.58. The maximum atomic E-state index is 11.6. The Morgan fingerprint density at radius 2 is 1.95 bits per heavy atom. The van der Waals surface area contributed by atoms with E-state index in [1.807, 2.05) is 0 Å². The molecule has 7 nitrogen and oxygen atoms in total. The van der Waals surface area contributed by atoms with Gasteiger partial charge in [-0.2, -0.15) is 0 Å². The van der Waals surface area contributed by atoms with Crippen molar-refractivity contribution < 1.29 is 13.2 Å². The van der Waals surface area contributed by atoms with Crippen molar-refractivity contribution in [3.05, 3.63) is 18.2 Å². The van der Waals surface area contributed by atoms with Gasteiger partial charge in [0.2, 0.25) is 15.9 Å². The molecule has 1 unspecified atom stereocenters. The van der Waals surface area contributed by atoms with Crippen LogP contribution in [0.15, 0.2) is 23.1 Å². The molecule has 1 rings (SSSR count). The van der Waals surface area contributed by atoms with Gasteiger partial charge < -0.3 is 16.4 Å². The smallest absolute Gasteiger partial charge is 0.241 e. The van der Waals surface area contributed by atoms with E-state index in [4.69, 9.17) is 5.73 Å². The topological polar surface area (TPSA) is 113 Å². The van der Waals surface area contributed by atoms with Gasteiger partial charge in [-0.05, 0) is 32.2 Å². The lowest BCUT2D eigenvalue weighted by Crippen LogP contribution is -2.35. The highest BCUT2D eigenvalue weighted by Crippen LogP contribution is 2.23. The Morgan fingerprint density at radius 3 is 2.42 bits per heavy atom. The average molecular weight is 286 g/mol. The second-order valence-electron chi connectivity index (χ2n) is 3.94. The molecular weight excluding hydrogens is 268 g/mol. The fraction of sp³-hybridized carbons (Fsp3) is 0.364. The second-order valence-corrected chi connectivity index (χ2v) is 5.82. The maximum Gasteiger partial charge on any atom is 0.241 e. The lowest BCUT2D eigenvalue weighted by atomic mass is 10.2. The molecular formula is C11H18N4O3S. The van der Waals surface area contributed by atoms with E-state index in [-0.39, 0.29) is 16.5 Å². The molecule has 0 aromatic heterocycles. The number of carbonyl (C=O) groups excluding carboxylic acids is 1. The van der Waals surface area contributed by atoms with E-state index < -0.39 is 16.1 Å². The van der Waals surface area contributed by atoms with Crippen LogP contribution >= 0.6 is 0 Å². The highest BCUT2D eigenvalue weighted by Gasteiger charge is 2.15. The first-order valence-corrected chi connectivity index (χ1v) is 7.11. The molecule has 0 radical (unpaired) electrons. The maximum absolute atomic E-state index is 11.6. The number of sulfonamides is 1. The van der Waals surface area contributed by atoms with E-state index in [0.29, 0.717) is 5.69 Å². The molecule has 0 aliphatic heterocycles. The van der Waals surface area contributed by atoms with E-state index >= 15 is 0 Å². The summed E-state index contributed by atoms with van der Waals surface area (Å²) in [7, 11) is -0.665. The van der Waals surface area contributed by atoms with Crippen molar-refractivity contribution in [2.24, 2.45) is 0 Å². The molecule has 106 valence electrons. The first kappa shape index (κ1) is 15.3. The normalized spacial score (nSPS) is 12.8. The number of carbonyl (C=O) groups is 1. The molecule has 0 saturated heterocycles. The molecule has 5 N–H and O–H groups in total. The van der Waals surface area contributed by atoms with Gasteiger partial charge in [0.1, 0.15) is 6.04 Å².